The number of ether oxygens (including phenoxy) is 2. The lowest BCUT2D eigenvalue weighted by Gasteiger charge is -2.31. The maximum Gasteiger partial charge on any atom is 0.252 e. The summed E-state index contributed by atoms with van der Waals surface area (Å²) in [6.07, 6.45) is 8.49. The van der Waals surface area contributed by atoms with Crippen LogP contribution in [0.2, 0.25) is 0 Å². The van der Waals surface area contributed by atoms with E-state index in [0.29, 0.717) is 12.2 Å². The Balaban J connectivity index is 1.24. The normalized spacial score (nSPS) is 19.9. The molecule has 182 valence electrons. The second kappa shape index (κ2) is 8.52. The van der Waals surface area contributed by atoms with Crippen molar-refractivity contribution in [2.45, 2.75) is 56.5 Å². The molecule has 6 heteroatoms. The van der Waals surface area contributed by atoms with Crippen LogP contribution in [0.15, 0.2) is 48.7 Å². The lowest BCUT2D eigenvalue weighted by Crippen LogP contribution is -2.43. The highest BCUT2D eigenvalue weighted by Crippen LogP contribution is 2.49. The van der Waals surface area contributed by atoms with Gasteiger partial charge in [0.2, 0.25) is 0 Å². The van der Waals surface area contributed by atoms with Crippen molar-refractivity contribution in [1.29, 1.82) is 0 Å². The number of hydrogen-bond acceptors (Lipinski definition) is 5. The topological polar surface area (TPSA) is 63.7 Å². The van der Waals surface area contributed by atoms with Gasteiger partial charge in [-0.15, -0.1) is 0 Å². The molecule has 1 N–H and O–H groups in total. The molecule has 6 rings (SSSR count). The predicted molar refractivity (Wildman–Crippen MR) is 136 cm³/mol. The number of benzene rings is 2. The van der Waals surface area contributed by atoms with Gasteiger partial charge in [-0.3, -0.25) is 14.7 Å². The summed E-state index contributed by atoms with van der Waals surface area (Å²) >= 11 is 0. The molecule has 35 heavy (non-hydrogen) atoms. The van der Waals surface area contributed by atoms with Gasteiger partial charge in [0, 0.05) is 23.2 Å². The van der Waals surface area contributed by atoms with Gasteiger partial charge in [-0.05, 0) is 93.9 Å². The number of nitrogens with one attached hydrogen (secondary N) is 1. The summed E-state index contributed by atoms with van der Waals surface area (Å²) < 4.78 is 11.8. The third kappa shape index (κ3) is 3.94. The average Bonchev–Trinajstić information content (AvgIpc) is 3.36. The Bertz CT molecular complexity index is 1270. The number of rotatable bonds is 7. The number of fused-ring (bicyclic) bond motifs is 2. The van der Waals surface area contributed by atoms with Gasteiger partial charge in [-0.25, -0.2) is 0 Å². The summed E-state index contributed by atoms with van der Waals surface area (Å²) in [6, 6.07) is 13.9. The van der Waals surface area contributed by atoms with Gasteiger partial charge in [0.05, 0.1) is 23.7 Å². The maximum absolute atomic E-state index is 13.6. The van der Waals surface area contributed by atoms with Crippen molar-refractivity contribution < 1.29 is 14.3 Å². The summed E-state index contributed by atoms with van der Waals surface area (Å²) in [4.78, 5) is 20.7. The van der Waals surface area contributed by atoms with Crippen LogP contribution in [0, 0.1) is 6.92 Å². The average molecular weight is 472 g/mol. The fourth-order valence-electron chi connectivity index (χ4n) is 6.16. The second-order valence-electron chi connectivity index (χ2n) is 10.5. The number of carbonyl (C=O) groups excluding carboxylic acids is 1. The summed E-state index contributed by atoms with van der Waals surface area (Å²) in [5, 5.41) is 4.41. The fraction of sp³-hybridized carbons (Fsp3) is 0.448. The molecule has 1 amide bonds. The lowest BCUT2D eigenvalue weighted by molar-refractivity contribution is 0.0928. The predicted octanol–water partition coefficient (Wildman–Crippen LogP) is 4.98. The zero-order valence-electron chi connectivity index (χ0n) is 20.6. The van der Waals surface area contributed by atoms with Crippen LogP contribution in [0.5, 0.6) is 11.5 Å². The van der Waals surface area contributed by atoms with E-state index in [2.05, 4.69) is 21.3 Å². The van der Waals surface area contributed by atoms with Crippen molar-refractivity contribution >= 4 is 16.8 Å². The minimum Gasteiger partial charge on any atom is -0.497 e. The Labute approximate surface area is 206 Å². The highest BCUT2D eigenvalue weighted by molar-refractivity contribution is 5.97. The minimum atomic E-state index is -0.399. The third-order valence-corrected chi connectivity index (χ3v) is 8.32. The molecule has 3 aliphatic rings. The molecule has 1 aliphatic carbocycles. The molecule has 1 saturated carbocycles. The van der Waals surface area contributed by atoms with Gasteiger partial charge >= 0.3 is 0 Å². The number of nitrogens with zero attached hydrogens (tertiary/aromatic N) is 2. The molecule has 0 unspecified atom stereocenters. The van der Waals surface area contributed by atoms with Gasteiger partial charge in [0.15, 0.2) is 0 Å². The highest BCUT2D eigenvalue weighted by atomic mass is 16.5. The minimum absolute atomic E-state index is 0.0631. The first-order chi connectivity index (χ1) is 17.0. The molecule has 3 aromatic rings. The molecule has 6 nitrogen and oxygen atoms in total. The number of carbonyl (C=O) groups is 1. The van der Waals surface area contributed by atoms with Crippen LogP contribution in [0.4, 0.5) is 0 Å². The van der Waals surface area contributed by atoms with E-state index >= 15 is 0 Å². The molecule has 0 radical (unpaired) electrons. The molecule has 2 aromatic carbocycles. The number of aryl methyl sites for hydroxylation is 1. The Hall–Kier alpha value is -3.12. The van der Waals surface area contributed by atoms with Crippen LogP contribution in [0.1, 0.15) is 60.0 Å². The van der Waals surface area contributed by atoms with Crippen LogP contribution in [-0.2, 0) is 5.54 Å². The first-order valence-corrected chi connectivity index (χ1v) is 12.8. The molecular weight excluding hydrogens is 438 g/mol. The van der Waals surface area contributed by atoms with Crippen LogP contribution in [-0.4, -0.2) is 48.1 Å². The molecule has 0 atom stereocenters. The second-order valence-corrected chi connectivity index (χ2v) is 10.5. The van der Waals surface area contributed by atoms with Gasteiger partial charge in [0.1, 0.15) is 18.1 Å². The van der Waals surface area contributed by atoms with Crippen molar-refractivity contribution in [1.82, 2.24) is 15.2 Å². The van der Waals surface area contributed by atoms with Crippen molar-refractivity contribution in [3.05, 3.63) is 65.4 Å². The molecule has 2 saturated heterocycles. The van der Waals surface area contributed by atoms with Gasteiger partial charge in [0.25, 0.3) is 5.91 Å². The first-order valence-electron chi connectivity index (χ1n) is 12.8. The number of hydrogen-bond donors (Lipinski definition) is 1. The van der Waals surface area contributed by atoms with Crippen LogP contribution in [0.3, 0.4) is 0 Å². The van der Waals surface area contributed by atoms with Gasteiger partial charge in [-0.2, -0.15) is 0 Å². The zero-order chi connectivity index (χ0) is 24.0. The van der Waals surface area contributed by atoms with Crippen LogP contribution in [0.25, 0.3) is 10.9 Å². The van der Waals surface area contributed by atoms with E-state index < -0.39 is 5.54 Å². The van der Waals surface area contributed by atoms with E-state index in [-0.39, 0.29) is 11.4 Å². The molecule has 2 aliphatic heterocycles. The van der Waals surface area contributed by atoms with Crippen molar-refractivity contribution in [2.24, 2.45) is 0 Å². The summed E-state index contributed by atoms with van der Waals surface area (Å²) in [7, 11) is 1.66. The molecule has 3 fully saturated rings. The molecule has 0 bridgehead atoms. The van der Waals surface area contributed by atoms with Gasteiger partial charge in [-0.1, -0.05) is 12.1 Å². The summed E-state index contributed by atoms with van der Waals surface area (Å²) in [5.74, 6) is 1.46. The van der Waals surface area contributed by atoms with E-state index in [0.717, 1.165) is 46.4 Å². The van der Waals surface area contributed by atoms with E-state index in [1.54, 1.807) is 13.3 Å². The van der Waals surface area contributed by atoms with E-state index in [1.807, 2.05) is 43.3 Å². The smallest absolute Gasteiger partial charge is 0.252 e. The van der Waals surface area contributed by atoms with Crippen molar-refractivity contribution in [3.63, 3.8) is 0 Å². The number of amides is 1. The van der Waals surface area contributed by atoms with Crippen LogP contribution < -0.4 is 14.8 Å². The number of pyridine rings is 1. The lowest BCUT2D eigenvalue weighted by atomic mass is 9.95. The quantitative estimate of drug-likeness (QED) is 0.527. The van der Waals surface area contributed by atoms with Crippen molar-refractivity contribution in [3.8, 4) is 11.5 Å². The Morgan fingerprint density at radius 2 is 1.86 bits per heavy atom. The summed E-state index contributed by atoms with van der Waals surface area (Å²) in [6.45, 7) is 5.05. The molecule has 0 spiro atoms. The molecule has 3 heterocycles. The fourth-order valence-corrected chi connectivity index (χ4v) is 6.16. The number of aromatic nitrogens is 1. The maximum atomic E-state index is 13.6. The Morgan fingerprint density at radius 3 is 2.60 bits per heavy atom. The first kappa shape index (κ1) is 22.4. The highest BCUT2D eigenvalue weighted by Gasteiger charge is 2.47. The molecule has 1 aromatic heterocycles. The largest absolute Gasteiger partial charge is 0.497 e. The Kier molecular flexibility index (Phi) is 5.44. The van der Waals surface area contributed by atoms with E-state index in [4.69, 9.17) is 9.47 Å². The van der Waals surface area contributed by atoms with Crippen molar-refractivity contribution in [2.75, 3.05) is 26.8 Å². The number of methoxy groups -OCH3 is 1. The molecular formula is C29H33N3O3. The van der Waals surface area contributed by atoms with Gasteiger partial charge < -0.3 is 14.8 Å². The summed E-state index contributed by atoms with van der Waals surface area (Å²) in [5.41, 5.74) is 3.35. The van der Waals surface area contributed by atoms with Crippen LogP contribution >= 0.6 is 0 Å². The van der Waals surface area contributed by atoms with E-state index in [1.165, 1.54) is 38.8 Å². The Morgan fingerprint density at radius 1 is 1.06 bits per heavy atom. The van der Waals surface area contributed by atoms with E-state index in [9.17, 15) is 4.79 Å². The zero-order valence-corrected chi connectivity index (χ0v) is 20.6. The SMILES string of the molecule is COc1cc(C2(NC(=O)c3cc(OCC45CCCN4CCC5)ccc3C)CC2)c2cccnc2c1. The standard InChI is InChI=1S/C29H33N3O3/c1-20-7-8-21(35-19-28-9-4-14-32(28)15-5-10-28)16-24(20)27(33)31-29(11-12-29)25-17-22(34-2)18-26-23(25)6-3-13-30-26/h3,6-8,13,16-18H,4-5,9-12,14-15,19H2,1-2H3,(H,31,33). The monoisotopic (exact) mass is 471 g/mol. The third-order valence-electron chi connectivity index (χ3n) is 8.32.